The Morgan fingerprint density at radius 2 is 1.44 bits per heavy atom. The number of hydrogen-bond acceptors (Lipinski definition) is 3. The Hall–Kier alpha value is -3.76. The van der Waals surface area contributed by atoms with E-state index in [-0.39, 0.29) is 5.92 Å². The lowest BCUT2D eigenvalue weighted by molar-refractivity contribution is 0.812. The summed E-state index contributed by atoms with van der Waals surface area (Å²) in [6, 6.07) is 25.6. The lowest BCUT2D eigenvalue weighted by atomic mass is 9.96. The van der Waals surface area contributed by atoms with E-state index in [1.807, 2.05) is 0 Å². The van der Waals surface area contributed by atoms with Crippen LogP contribution in [-0.2, 0) is 0 Å². The Morgan fingerprint density at radius 3 is 2.16 bits per heavy atom. The molecule has 32 heavy (non-hydrogen) atoms. The predicted octanol–water partition coefficient (Wildman–Crippen LogP) is 7.54. The largest absolute Gasteiger partial charge is 0.278 e. The van der Waals surface area contributed by atoms with Crippen molar-refractivity contribution in [3.05, 3.63) is 103 Å². The first kappa shape index (κ1) is 17.9. The molecule has 1 unspecified atom stereocenters. The molecule has 3 aromatic heterocycles. The second-order valence-corrected chi connectivity index (χ2v) is 9.26. The van der Waals surface area contributed by atoms with Crippen molar-refractivity contribution in [1.29, 1.82) is 0 Å². The summed E-state index contributed by atoms with van der Waals surface area (Å²) in [5, 5.41) is 3.65. The van der Waals surface area contributed by atoms with Crippen LogP contribution in [0.15, 0.2) is 97.1 Å². The highest BCUT2D eigenvalue weighted by molar-refractivity contribution is 7.25. The molecular formula is C28H19N3S. The van der Waals surface area contributed by atoms with Crippen molar-refractivity contribution in [2.75, 3.05) is 0 Å². The van der Waals surface area contributed by atoms with Gasteiger partial charge >= 0.3 is 0 Å². The minimum atomic E-state index is 0.255. The number of allylic oxidation sites excluding steroid dienone is 4. The van der Waals surface area contributed by atoms with Crippen LogP contribution in [0.5, 0.6) is 0 Å². The van der Waals surface area contributed by atoms with Crippen molar-refractivity contribution in [2.45, 2.75) is 12.3 Å². The van der Waals surface area contributed by atoms with E-state index in [1.54, 1.807) is 11.3 Å². The third kappa shape index (κ3) is 2.53. The average Bonchev–Trinajstić information content (AvgIpc) is 3.40. The van der Waals surface area contributed by atoms with Gasteiger partial charge in [0, 0.05) is 26.8 Å². The van der Waals surface area contributed by atoms with Gasteiger partial charge in [-0.2, -0.15) is 0 Å². The van der Waals surface area contributed by atoms with Gasteiger partial charge < -0.3 is 0 Å². The van der Waals surface area contributed by atoms with Crippen LogP contribution < -0.4 is 0 Å². The maximum absolute atomic E-state index is 5.24. The minimum Gasteiger partial charge on any atom is -0.278 e. The Balaban J connectivity index is 1.62. The molecule has 0 amide bonds. The van der Waals surface area contributed by atoms with E-state index in [0.717, 1.165) is 34.6 Å². The first-order valence-electron chi connectivity index (χ1n) is 10.9. The van der Waals surface area contributed by atoms with Gasteiger partial charge in [0.25, 0.3) is 0 Å². The van der Waals surface area contributed by atoms with Crippen molar-refractivity contribution >= 4 is 53.4 Å². The zero-order valence-corrected chi connectivity index (χ0v) is 18.1. The Bertz CT molecular complexity index is 1660. The van der Waals surface area contributed by atoms with Crippen molar-refractivity contribution in [1.82, 2.24) is 14.5 Å². The molecule has 1 atom stereocenters. The van der Waals surface area contributed by atoms with E-state index in [2.05, 4.69) is 102 Å². The van der Waals surface area contributed by atoms with Gasteiger partial charge in [0.1, 0.15) is 0 Å². The molecular weight excluding hydrogens is 410 g/mol. The highest BCUT2D eigenvalue weighted by Gasteiger charge is 2.22. The fourth-order valence-corrected chi connectivity index (χ4v) is 6.07. The number of aromatic nitrogens is 3. The van der Waals surface area contributed by atoms with Crippen molar-refractivity contribution in [3.8, 4) is 5.95 Å². The minimum absolute atomic E-state index is 0.255. The van der Waals surface area contributed by atoms with Gasteiger partial charge in [0.2, 0.25) is 5.95 Å². The summed E-state index contributed by atoms with van der Waals surface area (Å²) in [5.41, 5.74) is 4.44. The number of hydrogen-bond donors (Lipinski definition) is 0. The number of fused-ring (bicyclic) bond motifs is 6. The fraction of sp³-hybridized carbons (Fsp3) is 0.0714. The standard InChI is InChI=1S/C28H19N3S/c1-2-10-18(11-3-1)25-27-26(21-14-6-9-17-24(21)32-27)30-28(29-25)31-22-15-7-4-12-19(22)20-13-5-8-16-23(20)31/h1-10,12-18H,11H2. The molecule has 4 heteroatoms. The summed E-state index contributed by atoms with van der Waals surface area (Å²) in [5.74, 6) is 1.00. The lowest BCUT2D eigenvalue weighted by Gasteiger charge is -2.15. The quantitative estimate of drug-likeness (QED) is 0.285. The molecule has 0 saturated heterocycles. The molecule has 3 aromatic carbocycles. The second-order valence-electron chi connectivity index (χ2n) is 8.21. The van der Waals surface area contributed by atoms with Crippen LogP contribution in [0, 0.1) is 0 Å². The summed E-state index contributed by atoms with van der Waals surface area (Å²) in [7, 11) is 0. The lowest BCUT2D eigenvalue weighted by Crippen LogP contribution is -2.07. The van der Waals surface area contributed by atoms with Gasteiger partial charge in [-0.1, -0.05) is 78.9 Å². The molecule has 0 bridgehead atoms. The molecule has 0 fully saturated rings. The van der Waals surface area contributed by atoms with E-state index in [0.29, 0.717) is 0 Å². The molecule has 6 aromatic rings. The topological polar surface area (TPSA) is 30.7 Å². The second kappa shape index (κ2) is 6.87. The molecule has 1 aliphatic carbocycles. The normalized spacial score (nSPS) is 16.1. The summed E-state index contributed by atoms with van der Waals surface area (Å²) in [6.07, 6.45) is 9.71. The predicted molar refractivity (Wildman–Crippen MR) is 135 cm³/mol. The van der Waals surface area contributed by atoms with Gasteiger partial charge in [-0.15, -0.1) is 11.3 Å². The Morgan fingerprint density at radius 1 is 0.750 bits per heavy atom. The highest BCUT2D eigenvalue weighted by atomic mass is 32.1. The summed E-state index contributed by atoms with van der Waals surface area (Å²) >= 11 is 1.80. The van der Waals surface area contributed by atoms with Crippen molar-refractivity contribution in [2.24, 2.45) is 0 Å². The fourth-order valence-electron chi connectivity index (χ4n) is 4.87. The van der Waals surface area contributed by atoms with Crippen LogP contribution in [0.4, 0.5) is 0 Å². The molecule has 3 nitrogen and oxygen atoms in total. The van der Waals surface area contributed by atoms with E-state index in [1.165, 1.54) is 25.6 Å². The van der Waals surface area contributed by atoms with Gasteiger partial charge in [0.05, 0.1) is 26.9 Å². The van der Waals surface area contributed by atoms with Crippen LogP contribution >= 0.6 is 11.3 Å². The maximum Gasteiger partial charge on any atom is 0.235 e. The molecule has 0 radical (unpaired) electrons. The average molecular weight is 430 g/mol. The van der Waals surface area contributed by atoms with E-state index in [9.17, 15) is 0 Å². The highest BCUT2D eigenvalue weighted by Crippen LogP contribution is 2.40. The molecule has 3 heterocycles. The first-order chi connectivity index (χ1) is 15.9. The van der Waals surface area contributed by atoms with Gasteiger partial charge in [-0.05, 0) is 24.6 Å². The Kier molecular flexibility index (Phi) is 3.84. The van der Waals surface area contributed by atoms with Crippen LogP contribution in [0.1, 0.15) is 18.0 Å². The molecule has 1 aliphatic rings. The number of thiophene rings is 1. The third-order valence-corrected chi connectivity index (χ3v) is 7.53. The van der Waals surface area contributed by atoms with Crippen LogP contribution in [-0.4, -0.2) is 14.5 Å². The first-order valence-corrected chi connectivity index (χ1v) is 11.7. The summed E-state index contributed by atoms with van der Waals surface area (Å²) in [6.45, 7) is 0. The van der Waals surface area contributed by atoms with Gasteiger partial charge in [-0.3, -0.25) is 4.57 Å². The molecule has 0 spiro atoms. The zero-order valence-electron chi connectivity index (χ0n) is 17.3. The molecule has 0 saturated carbocycles. The van der Waals surface area contributed by atoms with Gasteiger partial charge in [-0.25, -0.2) is 9.97 Å². The van der Waals surface area contributed by atoms with Crippen molar-refractivity contribution in [3.63, 3.8) is 0 Å². The smallest absolute Gasteiger partial charge is 0.235 e. The maximum atomic E-state index is 5.24. The Labute approximate surface area is 189 Å². The van der Waals surface area contributed by atoms with E-state index < -0.39 is 0 Å². The summed E-state index contributed by atoms with van der Waals surface area (Å²) in [4.78, 5) is 10.4. The monoisotopic (exact) mass is 429 g/mol. The molecule has 7 rings (SSSR count). The number of nitrogens with zero attached hydrogens (tertiary/aromatic N) is 3. The van der Waals surface area contributed by atoms with Crippen molar-refractivity contribution < 1.29 is 0 Å². The van der Waals surface area contributed by atoms with Crippen LogP contribution in [0.25, 0.3) is 48.1 Å². The number of rotatable bonds is 2. The molecule has 0 aliphatic heterocycles. The van der Waals surface area contributed by atoms with Gasteiger partial charge in [0.15, 0.2) is 0 Å². The zero-order chi connectivity index (χ0) is 21.1. The molecule has 0 N–H and O–H groups in total. The molecule has 152 valence electrons. The van der Waals surface area contributed by atoms with Crippen LogP contribution in [0.2, 0.25) is 0 Å². The number of benzene rings is 3. The number of para-hydroxylation sites is 2. The van der Waals surface area contributed by atoms with Crippen LogP contribution in [0.3, 0.4) is 0 Å². The van der Waals surface area contributed by atoms with E-state index in [4.69, 9.17) is 9.97 Å². The van der Waals surface area contributed by atoms with E-state index >= 15 is 0 Å². The summed E-state index contributed by atoms with van der Waals surface area (Å²) < 4.78 is 4.68. The third-order valence-electron chi connectivity index (χ3n) is 6.35. The SMILES string of the molecule is C1=CCC(c2nc(-n3c4ccccc4c4ccccc43)nc3c2sc2ccccc23)C=C1.